The van der Waals surface area contributed by atoms with Crippen molar-refractivity contribution in [3.05, 3.63) is 0 Å². The second-order valence-corrected chi connectivity index (χ2v) is 2.86. The third-order valence-electron chi connectivity index (χ3n) is 1.90. The summed E-state index contributed by atoms with van der Waals surface area (Å²) in [7, 11) is 0. The summed E-state index contributed by atoms with van der Waals surface area (Å²) in [5.41, 5.74) is 0. The molecule has 0 spiro atoms. The van der Waals surface area contributed by atoms with Crippen LogP contribution < -0.4 is 0 Å². The first-order valence-electron chi connectivity index (χ1n) is 4.53. The molecular weight excluding hydrogens is 136 g/mol. The Morgan fingerprint density at radius 3 is 3.09 bits per heavy atom. The van der Waals surface area contributed by atoms with E-state index in [1.54, 1.807) is 0 Å². The van der Waals surface area contributed by atoms with Gasteiger partial charge in [-0.3, -0.25) is 0 Å². The minimum absolute atomic E-state index is 0.222. The van der Waals surface area contributed by atoms with Crippen LogP contribution in [0.5, 0.6) is 0 Å². The smallest absolute Gasteiger partial charge is 0.118 e. The van der Waals surface area contributed by atoms with Gasteiger partial charge in [-0.1, -0.05) is 12.3 Å². The Morgan fingerprint density at radius 1 is 1.36 bits per heavy atom. The molecule has 11 heavy (non-hydrogen) atoms. The molecule has 0 N–H and O–H groups in total. The summed E-state index contributed by atoms with van der Waals surface area (Å²) < 4.78 is 5.44. The first-order chi connectivity index (χ1) is 5.43. The van der Waals surface area contributed by atoms with E-state index in [-0.39, 0.29) is 6.10 Å². The lowest BCUT2D eigenvalue weighted by atomic mass is 10.1. The van der Waals surface area contributed by atoms with Gasteiger partial charge in [-0.2, -0.15) is 0 Å². The lowest BCUT2D eigenvalue weighted by Crippen LogP contribution is -2.10. The number of rotatable bonds is 2. The van der Waals surface area contributed by atoms with Crippen molar-refractivity contribution in [2.45, 2.75) is 45.1 Å². The zero-order valence-electron chi connectivity index (χ0n) is 7.23. The fraction of sp³-hybridized carbons (Fsp3) is 0.800. The first kappa shape index (κ1) is 8.62. The lowest BCUT2D eigenvalue weighted by molar-refractivity contribution is 0.0942. The van der Waals surface area contributed by atoms with E-state index in [0.29, 0.717) is 0 Å². The van der Waals surface area contributed by atoms with Crippen molar-refractivity contribution in [3.63, 3.8) is 0 Å². The summed E-state index contributed by atoms with van der Waals surface area (Å²) in [6.45, 7) is 2.82. The van der Waals surface area contributed by atoms with E-state index in [9.17, 15) is 0 Å². The Labute approximate surface area is 69.1 Å². The highest BCUT2D eigenvalue weighted by atomic mass is 16.5. The van der Waals surface area contributed by atoms with Crippen LogP contribution in [0.4, 0.5) is 0 Å². The second kappa shape index (κ2) is 5.21. The molecule has 1 nitrogen and oxygen atoms in total. The van der Waals surface area contributed by atoms with Crippen LogP contribution >= 0.6 is 0 Å². The van der Waals surface area contributed by atoms with E-state index < -0.39 is 0 Å². The van der Waals surface area contributed by atoms with E-state index in [2.05, 4.69) is 11.8 Å². The molecule has 1 rings (SSSR count). The van der Waals surface area contributed by atoms with Crippen LogP contribution in [0.15, 0.2) is 0 Å². The summed E-state index contributed by atoms with van der Waals surface area (Å²) >= 11 is 0. The molecule has 1 heteroatoms. The van der Waals surface area contributed by atoms with E-state index in [1.165, 1.54) is 19.3 Å². The molecule has 0 aliphatic heterocycles. The van der Waals surface area contributed by atoms with Crippen molar-refractivity contribution in [1.29, 1.82) is 0 Å². The van der Waals surface area contributed by atoms with Crippen LogP contribution in [0.25, 0.3) is 0 Å². The maximum Gasteiger partial charge on any atom is 0.118 e. The summed E-state index contributed by atoms with van der Waals surface area (Å²) in [5, 5.41) is 0. The number of hydrogen-bond acceptors (Lipinski definition) is 1. The van der Waals surface area contributed by atoms with Gasteiger partial charge in [0.1, 0.15) is 6.10 Å². The summed E-state index contributed by atoms with van der Waals surface area (Å²) in [6, 6.07) is 0. The molecule has 0 fully saturated rings. The van der Waals surface area contributed by atoms with Crippen molar-refractivity contribution in [3.8, 4) is 11.8 Å². The molecule has 1 aliphatic carbocycles. The van der Waals surface area contributed by atoms with Gasteiger partial charge >= 0.3 is 0 Å². The topological polar surface area (TPSA) is 9.23 Å². The highest BCUT2D eigenvalue weighted by molar-refractivity contribution is 5.05. The van der Waals surface area contributed by atoms with Gasteiger partial charge < -0.3 is 4.74 Å². The number of ether oxygens (including phenoxy) is 1. The second-order valence-electron chi connectivity index (χ2n) is 2.86. The maximum atomic E-state index is 5.44. The molecule has 0 saturated heterocycles. The van der Waals surface area contributed by atoms with Crippen LogP contribution in [-0.2, 0) is 4.74 Å². The Balaban J connectivity index is 2.34. The predicted molar refractivity (Wildman–Crippen MR) is 46.3 cm³/mol. The summed E-state index contributed by atoms with van der Waals surface area (Å²) in [5.74, 6) is 6.30. The highest BCUT2D eigenvalue weighted by Crippen LogP contribution is 2.10. The molecule has 0 amide bonds. The van der Waals surface area contributed by atoms with Crippen LogP contribution in [0, 0.1) is 11.8 Å². The van der Waals surface area contributed by atoms with Crippen LogP contribution in [0.2, 0.25) is 0 Å². The standard InChI is InChI=1S/C10H16O/c1-2-11-10-8-6-4-3-5-7-9-10/h10H,2-6,8H2,1H3. The Kier molecular flexibility index (Phi) is 4.08. The Morgan fingerprint density at radius 2 is 2.27 bits per heavy atom. The molecule has 0 aromatic rings. The van der Waals surface area contributed by atoms with Crippen molar-refractivity contribution in [1.82, 2.24) is 0 Å². The van der Waals surface area contributed by atoms with Gasteiger partial charge in [0.15, 0.2) is 0 Å². The van der Waals surface area contributed by atoms with Gasteiger partial charge in [-0.25, -0.2) is 0 Å². The van der Waals surface area contributed by atoms with Crippen molar-refractivity contribution in [2.24, 2.45) is 0 Å². The molecule has 62 valence electrons. The molecule has 0 saturated carbocycles. The van der Waals surface area contributed by atoms with Gasteiger partial charge in [-0.15, -0.1) is 5.92 Å². The van der Waals surface area contributed by atoms with Crippen LogP contribution in [0.1, 0.15) is 39.0 Å². The fourth-order valence-corrected chi connectivity index (χ4v) is 1.30. The lowest BCUT2D eigenvalue weighted by Gasteiger charge is -2.11. The Hall–Kier alpha value is -0.480. The van der Waals surface area contributed by atoms with Gasteiger partial charge in [0.25, 0.3) is 0 Å². The molecular formula is C10H16O. The minimum Gasteiger partial charge on any atom is -0.366 e. The predicted octanol–water partition coefficient (Wildman–Crippen LogP) is 2.36. The molecule has 1 unspecified atom stereocenters. The molecule has 0 heterocycles. The van der Waals surface area contributed by atoms with Gasteiger partial charge in [0.05, 0.1) is 0 Å². The van der Waals surface area contributed by atoms with Gasteiger partial charge in [0.2, 0.25) is 0 Å². The Bertz CT molecular complexity index is 152. The van der Waals surface area contributed by atoms with E-state index >= 15 is 0 Å². The van der Waals surface area contributed by atoms with Crippen LogP contribution in [-0.4, -0.2) is 12.7 Å². The fourth-order valence-electron chi connectivity index (χ4n) is 1.30. The zero-order valence-corrected chi connectivity index (χ0v) is 7.23. The largest absolute Gasteiger partial charge is 0.366 e. The summed E-state index contributed by atoms with van der Waals surface area (Å²) in [4.78, 5) is 0. The van der Waals surface area contributed by atoms with E-state index in [4.69, 9.17) is 4.74 Å². The van der Waals surface area contributed by atoms with Crippen molar-refractivity contribution in [2.75, 3.05) is 6.61 Å². The average molecular weight is 152 g/mol. The van der Waals surface area contributed by atoms with Crippen LogP contribution in [0.3, 0.4) is 0 Å². The molecule has 1 atom stereocenters. The third kappa shape index (κ3) is 3.43. The maximum absolute atomic E-state index is 5.44. The number of hydrogen-bond donors (Lipinski definition) is 0. The third-order valence-corrected chi connectivity index (χ3v) is 1.90. The normalized spacial score (nSPS) is 24.6. The van der Waals surface area contributed by atoms with E-state index in [0.717, 1.165) is 19.4 Å². The molecule has 0 aromatic heterocycles. The molecule has 0 bridgehead atoms. The first-order valence-corrected chi connectivity index (χ1v) is 4.53. The molecule has 1 aliphatic rings. The average Bonchev–Trinajstić information content (AvgIpc) is 1.94. The van der Waals surface area contributed by atoms with Gasteiger partial charge in [0, 0.05) is 13.0 Å². The minimum atomic E-state index is 0.222. The molecule has 0 aromatic carbocycles. The molecule has 0 radical (unpaired) electrons. The van der Waals surface area contributed by atoms with Crippen molar-refractivity contribution >= 4 is 0 Å². The zero-order chi connectivity index (χ0) is 7.94. The highest BCUT2D eigenvalue weighted by Gasteiger charge is 2.04. The SMILES string of the molecule is CCOC1C#CCCCCC1. The quantitative estimate of drug-likeness (QED) is 0.552. The van der Waals surface area contributed by atoms with Crippen molar-refractivity contribution < 1.29 is 4.74 Å². The van der Waals surface area contributed by atoms with E-state index in [1.807, 2.05) is 6.92 Å². The monoisotopic (exact) mass is 152 g/mol. The summed E-state index contributed by atoms with van der Waals surface area (Å²) in [6.07, 6.45) is 6.27. The van der Waals surface area contributed by atoms with Gasteiger partial charge in [-0.05, 0) is 26.2 Å².